The molecule has 2 atom stereocenters. The summed E-state index contributed by atoms with van der Waals surface area (Å²) in [6.45, 7) is 3.98. The lowest BCUT2D eigenvalue weighted by molar-refractivity contribution is 0.0661. The summed E-state index contributed by atoms with van der Waals surface area (Å²) >= 11 is 4.38. The largest absolute Gasteiger partial charge is 0.381 e. The first-order chi connectivity index (χ1) is 3.80. The maximum absolute atomic E-state index is 5.20. The Labute approximate surface area is 55.8 Å². The van der Waals surface area contributed by atoms with Gasteiger partial charge in [0.25, 0.3) is 0 Å². The van der Waals surface area contributed by atoms with Crippen LogP contribution in [-0.4, -0.2) is 18.5 Å². The first-order valence-corrected chi connectivity index (χ1v) is 3.58. The summed E-state index contributed by atoms with van der Waals surface area (Å²) < 4.78 is 5.20. The number of ether oxygens (including phenoxy) is 1. The molecular formula is C6H12OS. The van der Waals surface area contributed by atoms with Crippen LogP contribution in [0.5, 0.6) is 0 Å². The first-order valence-electron chi connectivity index (χ1n) is 3.06. The Morgan fingerprint density at radius 1 is 1.62 bits per heavy atom. The molecule has 2 heteroatoms. The highest BCUT2D eigenvalue weighted by molar-refractivity contribution is 7.81. The fourth-order valence-electron chi connectivity index (χ4n) is 0.869. The van der Waals surface area contributed by atoms with Crippen LogP contribution in [0.4, 0.5) is 0 Å². The molecule has 8 heavy (non-hydrogen) atoms. The van der Waals surface area contributed by atoms with Crippen LogP contribution in [0.15, 0.2) is 0 Å². The van der Waals surface area contributed by atoms with E-state index in [1.807, 2.05) is 0 Å². The van der Waals surface area contributed by atoms with Gasteiger partial charge in [-0.2, -0.15) is 12.6 Å². The van der Waals surface area contributed by atoms with Crippen LogP contribution >= 0.6 is 12.6 Å². The Bertz CT molecular complexity index is 64.9. The molecule has 0 radical (unpaired) electrons. The van der Waals surface area contributed by atoms with E-state index in [1.54, 1.807) is 0 Å². The summed E-state index contributed by atoms with van der Waals surface area (Å²) in [5.41, 5.74) is 0. The second-order valence-electron chi connectivity index (χ2n) is 2.41. The number of hydrogen-bond acceptors (Lipinski definition) is 2. The van der Waals surface area contributed by atoms with Crippen molar-refractivity contribution in [2.24, 2.45) is 5.92 Å². The lowest BCUT2D eigenvalue weighted by atomic mass is 10.0. The van der Waals surface area contributed by atoms with E-state index in [4.69, 9.17) is 4.74 Å². The predicted octanol–water partition coefficient (Wildman–Crippen LogP) is 1.34. The van der Waals surface area contributed by atoms with E-state index in [-0.39, 0.29) is 0 Å². The van der Waals surface area contributed by atoms with Crippen molar-refractivity contribution in [3.05, 3.63) is 0 Å². The molecule has 1 fully saturated rings. The molecule has 48 valence electrons. The van der Waals surface area contributed by atoms with E-state index >= 15 is 0 Å². The van der Waals surface area contributed by atoms with E-state index in [0.29, 0.717) is 11.2 Å². The van der Waals surface area contributed by atoms with E-state index in [1.165, 1.54) is 0 Å². The zero-order valence-corrected chi connectivity index (χ0v) is 6.03. The van der Waals surface area contributed by atoms with Crippen LogP contribution < -0.4 is 0 Å². The maximum atomic E-state index is 5.20. The van der Waals surface area contributed by atoms with Crippen molar-refractivity contribution < 1.29 is 4.74 Å². The number of thiol groups is 1. The van der Waals surface area contributed by atoms with Crippen molar-refractivity contribution in [3.63, 3.8) is 0 Å². The zero-order chi connectivity index (χ0) is 5.98. The molecule has 0 saturated carbocycles. The highest BCUT2D eigenvalue weighted by Gasteiger charge is 2.17. The first kappa shape index (κ1) is 6.43. The SMILES string of the molecule is CC1COCCC1S. The molecule has 1 nitrogen and oxygen atoms in total. The van der Waals surface area contributed by atoms with Gasteiger partial charge in [0.2, 0.25) is 0 Å². The highest BCUT2D eigenvalue weighted by Crippen LogP contribution is 2.18. The Balaban J connectivity index is 2.28. The van der Waals surface area contributed by atoms with Gasteiger partial charge in [-0.25, -0.2) is 0 Å². The van der Waals surface area contributed by atoms with Gasteiger partial charge < -0.3 is 4.74 Å². The quantitative estimate of drug-likeness (QED) is 0.489. The molecule has 0 amide bonds. The summed E-state index contributed by atoms with van der Waals surface area (Å²) in [5, 5.41) is 0.573. The monoisotopic (exact) mass is 132 g/mol. The van der Waals surface area contributed by atoms with Crippen molar-refractivity contribution in [1.82, 2.24) is 0 Å². The molecule has 1 heterocycles. The van der Waals surface area contributed by atoms with Gasteiger partial charge in [0.05, 0.1) is 6.61 Å². The van der Waals surface area contributed by atoms with Crippen LogP contribution in [0.3, 0.4) is 0 Å². The van der Waals surface area contributed by atoms with Gasteiger partial charge >= 0.3 is 0 Å². The van der Waals surface area contributed by atoms with Crippen molar-refractivity contribution in [1.29, 1.82) is 0 Å². The lowest BCUT2D eigenvalue weighted by Gasteiger charge is -2.24. The van der Waals surface area contributed by atoms with Crippen LogP contribution in [0, 0.1) is 5.92 Å². The summed E-state index contributed by atoms with van der Waals surface area (Å²) in [6, 6.07) is 0. The molecule has 0 N–H and O–H groups in total. The second-order valence-corrected chi connectivity index (χ2v) is 3.07. The third kappa shape index (κ3) is 1.39. The van der Waals surface area contributed by atoms with Crippen molar-refractivity contribution >= 4 is 12.6 Å². The smallest absolute Gasteiger partial charge is 0.0502 e. The molecule has 0 bridgehead atoms. The van der Waals surface area contributed by atoms with Gasteiger partial charge in [0.15, 0.2) is 0 Å². The Morgan fingerprint density at radius 3 is 2.75 bits per heavy atom. The fourth-order valence-corrected chi connectivity index (χ4v) is 1.06. The normalized spacial score (nSPS) is 39.8. The summed E-state index contributed by atoms with van der Waals surface area (Å²) in [5.74, 6) is 0.645. The predicted molar refractivity (Wildman–Crippen MR) is 37.4 cm³/mol. The molecule has 1 rings (SSSR count). The minimum Gasteiger partial charge on any atom is -0.381 e. The number of rotatable bonds is 0. The molecule has 1 aliphatic rings. The van der Waals surface area contributed by atoms with E-state index in [0.717, 1.165) is 19.6 Å². The van der Waals surface area contributed by atoms with E-state index < -0.39 is 0 Å². The average Bonchev–Trinajstić information content (AvgIpc) is 1.77. The molecule has 0 aromatic heterocycles. The Kier molecular flexibility index (Phi) is 2.20. The molecule has 0 spiro atoms. The number of hydrogen-bond donors (Lipinski definition) is 1. The second kappa shape index (κ2) is 2.74. The van der Waals surface area contributed by atoms with Crippen molar-refractivity contribution in [2.45, 2.75) is 18.6 Å². The van der Waals surface area contributed by atoms with Crippen LogP contribution in [0.2, 0.25) is 0 Å². The fraction of sp³-hybridized carbons (Fsp3) is 1.00. The molecule has 0 aromatic carbocycles. The summed E-state index contributed by atoms with van der Waals surface area (Å²) in [6.07, 6.45) is 1.12. The van der Waals surface area contributed by atoms with Crippen LogP contribution in [-0.2, 0) is 4.74 Å². The summed E-state index contributed by atoms with van der Waals surface area (Å²) in [4.78, 5) is 0. The standard InChI is InChI=1S/C6H12OS/c1-5-4-7-3-2-6(5)8/h5-6,8H,2-4H2,1H3. The Hall–Kier alpha value is 0.310. The van der Waals surface area contributed by atoms with Crippen molar-refractivity contribution in [2.75, 3.05) is 13.2 Å². The molecule has 1 saturated heterocycles. The van der Waals surface area contributed by atoms with Crippen molar-refractivity contribution in [3.8, 4) is 0 Å². The lowest BCUT2D eigenvalue weighted by Crippen LogP contribution is -2.25. The average molecular weight is 132 g/mol. The molecule has 1 aliphatic heterocycles. The molecular weight excluding hydrogens is 120 g/mol. The third-order valence-electron chi connectivity index (χ3n) is 1.60. The molecule has 2 unspecified atom stereocenters. The van der Waals surface area contributed by atoms with Gasteiger partial charge in [-0.05, 0) is 12.3 Å². The van der Waals surface area contributed by atoms with Gasteiger partial charge in [0.1, 0.15) is 0 Å². The Morgan fingerprint density at radius 2 is 2.38 bits per heavy atom. The van der Waals surface area contributed by atoms with Gasteiger partial charge in [-0.1, -0.05) is 6.92 Å². The molecule has 0 aliphatic carbocycles. The van der Waals surface area contributed by atoms with Gasteiger partial charge in [-0.15, -0.1) is 0 Å². The summed E-state index contributed by atoms with van der Waals surface area (Å²) in [7, 11) is 0. The van der Waals surface area contributed by atoms with E-state index in [2.05, 4.69) is 19.6 Å². The topological polar surface area (TPSA) is 9.23 Å². The minimum absolute atomic E-state index is 0.573. The van der Waals surface area contributed by atoms with E-state index in [9.17, 15) is 0 Å². The minimum atomic E-state index is 0.573. The zero-order valence-electron chi connectivity index (χ0n) is 5.13. The van der Waals surface area contributed by atoms with Crippen LogP contribution in [0.25, 0.3) is 0 Å². The van der Waals surface area contributed by atoms with Gasteiger partial charge in [0, 0.05) is 11.9 Å². The molecule has 0 aromatic rings. The maximum Gasteiger partial charge on any atom is 0.0502 e. The third-order valence-corrected chi connectivity index (χ3v) is 2.36. The highest BCUT2D eigenvalue weighted by atomic mass is 32.1. The van der Waals surface area contributed by atoms with Crippen LogP contribution in [0.1, 0.15) is 13.3 Å². The van der Waals surface area contributed by atoms with Gasteiger partial charge in [-0.3, -0.25) is 0 Å².